The van der Waals surface area contributed by atoms with E-state index in [0.29, 0.717) is 15.7 Å². The van der Waals surface area contributed by atoms with Crippen LogP contribution in [-0.2, 0) is 24.8 Å². The lowest BCUT2D eigenvalue weighted by Crippen LogP contribution is -2.38. The van der Waals surface area contributed by atoms with Crippen molar-refractivity contribution >= 4 is 48.7 Å². The quantitative estimate of drug-likeness (QED) is 0.160. The lowest BCUT2D eigenvalue weighted by Gasteiger charge is -2.25. The van der Waals surface area contributed by atoms with Gasteiger partial charge in [-0.2, -0.15) is 0 Å². The van der Waals surface area contributed by atoms with Crippen molar-refractivity contribution in [2.24, 2.45) is 0 Å². The molecule has 4 rings (SSSR count). The van der Waals surface area contributed by atoms with Crippen LogP contribution in [0.4, 0.5) is 22.7 Å². The topological polar surface area (TPSA) is 174 Å². The molecule has 0 fully saturated rings. The third kappa shape index (κ3) is 7.16. The lowest BCUT2D eigenvalue weighted by atomic mass is 10.1. The van der Waals surface area contributed by atoms with E-state index in [2.05, 4.69) is 10.0 Å². The zero-order valence-corrected chi connectivity index (χ0v) is 26.3. The lowest BCUT2D eigenvalue weighted by molar-refractivity contribution is -0.387. The van der Waals surface area contributed by atoms with Gasteiger partial charge in [-0.05, 0) is 67.4 Å². The second-order valence-corrected chi connectivity index (χ2v) is 13.2. The number of anilines is 3. The Labute approximate surface area is 260 Å². The number of hydrogen-bond acceptors (Lipinski definition) is 9. The Morgan fingerprint density at radius 2 is 1.51 bits per heavy atom. The first-order valence-corrected chi connectivity index (χ1v) is 16.2. The summed E-state index contributed by atoms with van der Waals surface area (Å²) in [4.78, 5) is 23.4. The Hall–Kier alpha value is -5.15. The second-order valence-electron chi connectivity index (χ2n) is 9.72. The maximum Gasteiger partial charge on any atom is 0.289 e. The normalized spacial score (nSPS) is 11.4. The first-order valence-electron chi connectivity index (χ1n) is 13.3. The molecule has 0 unspecified atom stereocenters. The smallest absolute Gasteiger partial charge is 0.289 e. The summed E-state index contributed by atoms with van der Waals surface area (Å²) in [5.74, 6) is -0.459. The molecule has 0 heterocycles. The van der Waals surface area contributed by atoms with E-state index < -0.39 is 48.0 Å². The van der Waals surface area contributed by atoms with Crippen molar-refractivity contribution in [2.45, 2.75) is 23.6 Å². The minimum Gasteiger partial charge on any atom is -0.497 e. The number of sulfonamides is 2. The van der Waals surface area contributed by atoms with Crippen LogP contribution in [0.15, 0.2) is 94.7 Å². The number of nitrogens with zero attached hydrogens (tertiary/aromatic N) is 2. The van der Waals surface area contributed by atoms with Crippen LogP contribution in [0.5, 0.6) is 11.5 Å². The maximum absolute atomic E-state index is 13.9. The number of nitro groups is 1. The van der Waals surface area contributed by atoms with Gasteiger partial charge in [-0.3, -0.25) is 23.9 Å². The van der Waals surface area contributed by atoms with Gasteiger partial charge >= 0.3 is 0 Å². The van der Waals surface area contributed by atoms with Gasteiger partial charge in [-0.1, -0.05) is 30.3 Å². The van der Waals surface area contributed by atoms with Gasteiger partial charge in [0.1, 0.15) is 18.0 Å². The molecule has 0 aromatic heterocycles. The number of rotatable bonds is 12. The van der Waals surface area contributed by atoms with Crippen LogP contribution >= 0.6 is 0 Å². The Morgan fingerprint density at radius 3 is 2.11 bits per heavy atom. The van der Waals surface area contributed by atoms with Gasteiger partial charge in [0.05, 0.1) is 35.4 Å². The van der Waals surface area contributed by atoms with Crippen LogP contribution in [-0.4, -0.2) is 48.4 Å². The molecule has 0 radical (unpaired) electrons. The summed E-state index contributed by atoms with van der Waals surface area (Å²) in [6.45, 7) is 2.75. The molecule has 0 spiro atoms. The second kappa shape index (κ2) is 13.2. The molecule has 0 bridgehead atoms. The number of benzene rings is 4. The molecule has 45 heavy (non-hydrogen) atoms. The minimum absolute atomic E-state index is 0.0234. The Balaban J connectivity index is 1.64. The summed E-state index contributed by atoms with van der Waals surface area (Å²) in [6, 6.07) is 19.6. The zero-order chi connectivity index (χ0) is 32.9. The molecule has 236 valence electrons. The summed E-state index contributed by atoms with van der Waals surface area (Å²) in [5, 5.41) is 14.2. The maximum atomic E-state index is 13.9. The number of nitro benzene ring substituents is 1. The highest BCUT2D eigenvalue weighted by Gasteiger charge is 2.34. The van der Waals surface area contributed by atoms with Crippen LogP contribution in [0.3, 0.4) is 0 Å². The molecule has 1 amide bonds. The number of aryl methyl sites for hydroxylation is 2. The molecular formula is C30H30N4O9S2. The van der Waals surface area contributed by atoms with Crippen LogP contribution in [0.1, 0.15) is 11.1 Å². The number of ether oxygens (including phenoxy) is 2. The summed E-state index contributed by atoms with van der Waals surface area (Å²) in [6.07, 6.45) is 0. The molecule has 0 saturated heterocycles. The van der Waals surface area contributed by atoms with Crippen molar-refractivity contribution in [3.05, 3.63) is 106 Å². The van der Waals surface area contributed by atoms with Gasteiger partial charge < -0.3 is 14.8 Å². The Bertz CT molecular complexity index is 1940. The number of nitrogens with one attached hydrogen (secondary N) is 2. The zero-order valence-electron chi connectivity index (χ0n) is 24.7. The highest BCUT2D eigenvalue weighted by atomic mass is 32.2. The molecule has 0 aliphatic heterocycles. The standard InChI is InChI=1S/C30H30N4O9S2/c1-20-8-7-9-21(2)30(20)32-44(38,39)24-15-12-22(13-16-24)31-29(35)19-33(25-17-14-23(42-3)18-27(25)43-4)45(40,41)28-11-6-5-10-26(28)34(36)37/h5-18,32H,19H2,1-4H3,(H,31,35). The van der Waals surface area contributed by atoms with Crippen molar-refractivity contribution < 1.29 is 36.0 Å². The molecule has 0 aliphatic carbocycles. The average Bonchev–Trinajstić information content (AvgIpc) is 3.01. The monoisotopic (exact) mass is 654 g/mol. The van der Waals surface area contributed by atoms with E-state index in [9.17, 15) is 31.7 Å². The SMILES string of the molecule is COc1ccc(N(CC(=O)Nc2ccc(S(=O)(=O)Nc3c(C)cccc3C)cc2)S(=O)(=O)c2ccccc2[N+](=O)[O-])c(OC)c1. The van der Waals surface area contributed by atoms with E-state index in [0.717, 1.165) is 23.3 Å². The summed E-state index contributed by atoms with van der Waals surface area (Å²) >= 11 is 0. The molecule has 0 atom stereocenters. The third-order valence-corrected chi connectivity index (χ3v) is 9.91. The molecule has 2 N–H and O–H groups in total. The molecule has 0 saturated carbocycles. The average molecular weight is 655 g/mol. The van der Waals surface area contributed by atoms with Crippen molar-refractivity contribution in [1.82, 2.24) is 0 Å². The van der Waals surface area contributed by atoms with E-state index in [1.165, 1.54) is 68.8 Å². The molecule has 13 nitrogen and oxygen atoms in total. The van der Waals surface area contributed by atoms with Crippen molar-refractivity contribution in [3.63, 3.8) is 0 Å². The fourth-order valence-corrected chi connectivity index (χ4v) is 7.25. The van der Waals surface area contributed by atoms with E-state index in [1.807, 2.05) is 6.07 Å². The highest BCUT2D eigenvalue weighted by molar-refractivity contribution is 7.93. The predicted molar refractivity (Wildman–Crippen MR) is 169 cm³/mol. The minimum atomic E-state index is -4.71. The third-order valence-electron chi connectivity index (χ3n) is 6.74. The number of carbonyl (C=O) groups excluding carboxylic acids is 1. The van der Waals surface area contributed by atoms with Gasteiger partial charge in [0.15, 0.2) is 4.90 Å². The van der Waals surface area contributed by atoms with Crippen molar-refractivity contribution in [3.8, 4) is 11.5 Å². The van der Waals surface area contributed by atoms with Crippen LogP contribution < -0.4 is 23.8 Å². The predicted octanol–water partition coefficient (Wildman–Crippen LogP) is 4.86. The molecular weight excluding hydrogens is 624 g/mol. The number of carbonyl (C=O) groups is 1. The van der Waals surface area contributed by atoms with Gasteiger partial charge in [-0.25, -0.2) is 16.8 Å². The molecule has 15 heteroatoms. The fourth-order valence-electron chi connectivity index (χ4n) is 4.45. The summed E-state index contributed by atoms with van der Waals surface area (Å²) in [5.41, 5.74) is 1.37. The van der Waals surface area contributed by atoms with Gasteiger partial charge in [0.2, 0.25) is 5.91 Å². The van der Waals surface area contributed by atoms with Crippen LogP contribution in [0.25, 0.3) is 0 Å². The van der Waals surface area contributed by atoms with E-state index >= 15 is 0 Å². The van der Waals surface area contributed by atoms with E-state index in [-0.39, 0.29) is 22.0 Å². The Morgan fingerprint density at radius 1 is 0.867 bits per heavy atom. The highest BCUT2D eigenvalue weighted by Crippen LogP contribution is 2.37. The summed E-state index contributed by atoms with van der Waals surface area (Å²) < 4.78 is 67.7. The number of amides is 1. The largest absolute Gasteiger partial charge is 0.497 e. The summed E-state index contributed by atoms with van der Waals surface area (Å²) in [7, 11) is -5.98. The molecule has 4 aromatic carbocycles. The fraction of sp³-hybridized carbons (Fsp3) is 0.167. The molecule has 0 aliphatic rings. The first-order chi connectivity index (χ1) is 21.3. The van der Waals surface area contributed by atoms with Gasteiger partial charge in [0.25, 0.3) is 25.7 Å². The van der Waals surface area contributed by atoms with E-state index in [1.54, 1.807) is 26.0 Å². The number of para-hydroxylation sites is 2. The Kier molecular flexibility index (Phi) is 9.63. The van der Waals surface area contributed by atoms with Crippen LogP contribution in [0.2, 0.25) is 0 Å². The van der Waals surface area contributed by atoms with Gasteiger partial charge in [-0.15, -0.1) is 0 Å². The van der Waals surface area contributed by atoms with Crippen molar-refractivity contribution in [1.29, 1.82) is 0 Å². The number of hydrogen-bond donors (Lipinski definition) is 2. The van der Waals surface area contributed by atoms with Gasteiger partial charge in [0, 0.05) is 17.8 Å². The van der Waals surface area contributed by atoms with E-state index in [4.69, 9.17) is 9.47 Å². The first kappa shape index (κ1) is 32.8. The molecule has 4 aromatic rings. The number of methoxy groups -OCH3 is 2. The van der Waals surface area contributed by atoms with Crippen LogP contribution in [0, 0.1) is 24.0 Å². The van der Waals surface area contributed by atoms with Crippen molar-refractivity contribution in [2.75, 3.05) is 35.1 Å².